The van der Waals surface area contributed by atoms with Crippen molar-refractivity contribution in [1.82, 2.24) is 5.32 Å². The van der Waals surface area contributed by atoms with E-state index in [9.17, 15) is 0 Å². The first-order valence-corrected chi connectivity index (χ1v) is 7.83. The molecule has 0 saturated heterocycles. The van der Waals surface area contributed by atoms with Gasteiger partial charge < -0.3 is 11.1 Å². The Balaban J connectivity index is 1.95. The summed E-state index contributed by atoms with van der Waals surface area (Å²) in [6, 6.07) is 10.7. The van der Waals surface area contributed by atoms with Crippen LogP contribution in [-0.2, 0) is 6.42 Å². The maximum Gasteiger partial charge on any atom is 0.0320 e. The molecule has 0 heterocycles. The monoisotopic (exact) mass is 260 g/mol. The summed E-state index contributed by atoms with van der Waals surface area (Å²) >= 11 is 0. The third-order valence-electron chi connectivity index (χ3n) is 4.41. The highest BCUT2D eigenvalue weighted by atomic mass is 15.0. The third-order valence-corrected chi connectivity index (χ3v) is 4.41. The molecule has 1 aliphatic rings. The van der Waals surface area contributed by atoms with Gasteiger partial charge in [0.2, 0.25) is 0 Å². The normalized spacial score (nSPS) is 25.2. The van der Waals surface area contributed by atoms with Gasteiger partial charge in [-0.1, -0.05) is 38.1 Å². The maximum atomic E-state index is 5.98. The molecule has 0 aromatic heterocycles. The molecule has 1 saturated carbocycles. The molecular formula is C17H28N2. The van der Waals surface area contributed by atoms with Crippen LogP contribution < -0.4 is 11.1 Å². The van der Waals surface area contributed by atoms with Crippen molar-refractivity contribution in [3.8, 4) is 0 Å². The largest absolute Gasteiger partial charge is 0.328 e. The van der Waals surface area contributed by atoms with Crippen LogP contribution in [0, 0.1) is 0 Å². The minimum absolute atomic E-state index is 0.432. The summed E-state index contributed by atoms with van der Waals surface area (Å²) in [6.07, 6.45) is 7.06. The quantitative estimate of drug-likeness (QED) is 0.849. The van der Waals surface area contributed by atoms with Crippen LogP contribution in [-0.4, -0.2) is 12.1 Å². The molecule has 1 aromatic rings. The highest BCUT2D eigenvalue weighted by Gasteiger charge is 2.21. The highest BCUT2D eigenvalue weighted by Crippen LogP contribution is 2.23. The predicted molar refractivity (Wildman–Crippen MR) is 82.2 cm³/mol. The zero-order valence-corrected chi connectivity index (χ0v) is 12.4. The van der Waals surface area contributed by atoms with Crippen molar-refractivity contribution >= 4 is 0 Å². The second-order valence-corrected chi connectivity index (χ2v) is 5.83. The molecule has 1 fully saturated rings. The average molecular weight is 260 g/mol. The van der Waals surface area contributed by atoms with E-state index in [2.05, 4.69) is 43.4 Å². The highest BCUT2D eigenvalue weighted by molar-refractivity contribution is 5.25. The second kappa shape index (κ2) is 7.06. The molecule has 1 aromatic carbocycles. The van der Waals surface area contributed by atoms with Crippen LogP contribution in [0.5, 0.6) is 0 Å². The van der Waals surface area contributed by atoms with Crippen molar-refractivity contribution in [2.24, 2.45) is 5.73 Å². The van der Waals surface area contributed by atoms with Crippen molar-refractivity contribution in [2.75, 3.05) is 0 Å². The number of nitrogens with one attached hydrogen (secondary N) is 1. The van der Waals surface area contributed by atoms with Gasteiger partial charge in [0.05, 0.1) is 0 Å². The van der Waals surface area contributed by atoms with Gasteiger partial charge in [-0.25, -0.2) is 0 Å². The van der Waals surface area contributed by atoms with Crippen LogP contribution in [0.2, 0.25) is 0 Å². The van der Waals surface area contributed by atoms with Crippen LogP contribution in [0.1, 0.15) is 63.1 Å². The number of nitrogens with two attached hydrogens (primary N) is 1. The Labute approximate surface area is 117 Å². The van der Waals surface area contributed by atoms with E-state index in [0.29, 0.717) is 18.1 Å². The van der Waals surface area contributed by atoms with Gasteiger partial charge in [-0.15, -0.1) is 0 Å². The first-order valence-electron chi connectivity index (χ1n) is 7.83. The Hall–Kier alpha value is -0.860. The van der Waals surface area contributed by atoms with Crippen LogP contribution in [0.3, 0.4) is 0 Å². The van der Waals surface area contributed by atoms with Gasteiger partial charge in [0.15, 0.2) is 0 Å². The summed E-state index contributed by atoms with van der Waals surface area (Å²) in [5.74, 6) is 0. The van der Waals surface area contributed by atoms with Crippen LogP contribution in [0.15, 0.2) is 24.3 Å². The fraction of sp³-hybridized carbons (Fsp3) is 0.647. The smallest absolute Gasteiger partial charge is 0.0320 e. The SMILES string of the molecule is CCc1ccc(C(CC)NC2CCC(N)CC2)cc1. The van der Waals surface area contributed by atoms with Gasteiger partial charge in [-0.3, -0.25) is 0 Å². The van der Waals surface area contributed by atoms with Crippen molar-refractivity contribution in [3.05, 3.63) is 35.4 Å². The topological polar surface area (TPSA) is 38.0 Å². The zero-order chi connectivity index (χ0) is 13.7. The predicted octanol–water partition coefficient (Wildman–Crippen LogP) is 3.56. The molecule has 0 radical (unpaired) electrons. The lowest BCUT2D eigenvalue weighted by Gasteiger charge is -2.30. The van der Waals surface area contributed by atoms with E-state index >= 15 is 0 Å². The lowest BCUT2D eigenvalue weighted by atomic mass is 9.90. The maximum absolute atomic E-state index is 5.98. The Morgan fingerprint density at radius 2 is 1.74 bits per heavy atom. The first-order chi connectivity index (χ1) is 9.22. The number of hydrogen-bond acceptors (Lipinski definition) is 2. The summed E-state index contributed by atoms with van der Waals surface area (Å²) in [6.45, 7) is 4.47. The van der Waals surface area contributed by atoms with E-state index < -0.39 is 0 Å². The van der Waals surface area contributed by atoms with Crippen LogP contribution in [0.4, 0.5) is 0 Å². The van der Waals surface area contributed by atoms with Crippen molar-refractivity contribution < 1.29 is 0 Å². The van der Waals surface area contributed by atoms with E-state index in [-0.39, 0.29) is 0 Å². The molecule has 1 unspecified atom stereocenters. The van der Waals surface area contributed by atoms with E-state index in [1.54, 1.807) is 0 Å². The lowest BCUT2D eigenvalue weighted by Crippen LogP contribution is -2.39. The molecule has 0 aliphatic heterocycles. The third kappa shape index (κ3) is 4.05. The van der Waals surface area contributed by atoms with E-state index in [4.69, 9.17) is 5.73 Å². The number of aryl methyl sites for hydroxylation is 1. The summed E-state index contributed by atoms with van der Waals surface area (Å²) < 4.78 is 0. The van der Waals surface area contributed by atoms with Crippen molar-refractivity contribution in [3.63, 3.8) is 0 Å². The number of hydrogen-bond donors (Lipinski definition) is 2. The van der Waals surface area contributed by atoms with E-state index in [1.807, 2.05) is 0 Å². The van der Waals surface area contributed by atoms with Crippen molar-refractivity contribution in [2.45, 2.75) is 70.5 Å². The Morgan fingerprint density at radius 3 is 2.26 bits per heavy atom. The minimum atomic E-state index is 0.432. The molecule has 0 amide bonds. The Bertz CT molecular complexity index is 363. The van der Waals surface area contributed by atoms with Gasteiger partial charge in [0.1, 0.15) is 0 Å². The lowest BCUT2D eigenvalue weighted by molar-refractivity contribution is 0.312. The van der Waals surface area contributed by atoms with Crippen LogP contribution >= 0.6 is 0 Å². The van der Waals surface area contributed by atoms with Gasteiger partial charge in [-0.05, 0) is 49.7 Å². The summed E-state index contributed by atoms with van der Waals surface area (Å²) in [4.78, 5) is 0. The van der Waals surface area contributed by atoms with E-state index in [1.165, 1.54) is 36.8 Å². The Morgan fingerprint density at radius 1 is 1.11 bits per heavy atom. The van der Waals surface area contributed by atoms with Gasteiger partial charge in [-0.2, -0.15) is 0 Å². The second-order valence-electron chi connectivity index (χ2n) is 5.83. The molecule has 2 nitrogen and oxygen atoms in total. The first kappa shape index (κ1) is 14.5. The number of benzene rings is 1. The molecule has 1 atom stereocenters. The molecule has 1 aliphatic carbocycles. The molecule has 3 N–H and O–H groups in total. The van der Waals surface area contributed by atoms with Gasteiger partial charge >= 0.3 is 0 Å². The fourth-order valence-corrected chi connectivity index (χ4v) is 3.01. The molecule has 106 valence electrons. The molecule has 19 heavy (non-hydrogen) atoms. The molecule has 0 bridgehead atoms. The van der Waals surface area contributed by atoms with E-state index in [0.717, 1.165) is 12.8 Å². The molecule has 0 spiro atoms. The number of rotatable bonds is 5. The van der Waals surface area contributed by atoms with Gasteiger partial charge in [0, 0.05) is 18.1 Å². The summed E-state index contributed by atoms with van der Waals surface area (Å²) in [5.41, 5.74) is 8.82. The molecule has 2 rings (SSSR count). The van der Waals surface area contributed by atoms with Crippen LogP contribution in [0.25, 0.3) is 0 Å². The fourth-order valence-electron chi connectivity index (χ4n) is 3.01. The standard InChI is InChI=1S/C17H28N2/c1-3-13-5-7-14(8-6-13)17(4-2)19-16-11-9-15(18)10-12-16/h5-8,15-17,19H,3-4,9-12,18H2,1-2H3. The van der Waals surface area contributed by atoms with Crippen molar-refractivity contribution in [1.29, 1.82) is 0 Å². The van der Waals surface area contributed by atoms with Gasteiger partial charge in [0.25, 0.3) is 0 Å². The zero-order valence-electron chi connectivity index (χ0n) is 12.4. The summed E-state index contributed by atoms with van der Waals surface area (Å²) in [5, 5.41) is 3.82. The molecule has 2 heteroatoms. The molecular weight excluding hydrogens is 232 g/mol. The minimum Gasteiger partial charge on any atom is -0.328 e. The Kier molecular flexibility index (Phi) is 5.41. The average Bonchev–Trinajstić information content (AvgIpc) is 2.47. The summed E-state index contributed by atoms with van der Waals surface area (Å²) in [7, 11) is 0.